The molecule has 4 aromatic heterocycles. The summed E-state index contributed by atoms with van der Waals surface area (Å²) in [5, 5.41) is 9.99. The molecule has 0 aromatic carbocycles. The number of carbonyl (C=O) groups excluding carboxylic acids is 2. The number of anilines is 1. The van der Waals surface area contributed by atoms with Gasteiger partial charge in [-0.1, -0.05) is 0 Å². The molecule has 0 aliphatic heterocycles. The number of nitrogens with one attached hydrogen (secondary N) is 1. The van der Waals surface area contributed by atoms with Gasteiger partial charge in [0.2, 0.25) is 5.91 Å². The van der Waals surface area contributed by atoms with E-state index in [1.165, 1.54) is 13.1 Å². The highest BCUT2D eigenvalue weighted by Crippen LogP contribution is 2.44. The predicted molar refractivity (Wildman–Crippen MR) is 125 cm³/mol. The lowest BCUT2D eigenvalue weighted by Gasteiger charge is -2.13. The van der Waals surface area contributed by atoms with Crippen molar-refractivity contribution in [2.24, 2.45) is 5.73 Å². The lowest BCUT2D eigenvalue weighted by Crippen LogP contribution is -2.22. The first kappa shape index (κ1) is 27.1. The number of fused-ring (bicyclic) bond motifs is 1. The van der Waals surface area contributed by atoms with Gasteiger partial charge in [-0.05, 0) is 38.5 Å². The molecule has 0 atom stereocenters. The minimum atomic E-state index is -4.83. The number of aromatic nitrogens is 5. The van der Waals surface area contributed by atoms with Crippen LogP contribution in [0, 0.1) is 13.8 Å². The van der Waals surface area contributed by atoms with Crippen molar-refractivity contribution in [3.63, 3.8) is 0 Å². The largest absolute Gasteiger partial charge is 0.435 e. The summed E-state index contributed by atoms with van der Waals surface area (Å²) in [4.78, 5) is 28.2. The maximum absolute atomic E-state index is 13.7. The monoisotopic (exact) mass is 559 g/mol. The van der Waals surface area contributed by atoms with Crippen LogP contribution >= 0.6 is 11.3 Å². The van der Waals surface area contributed by atoms with Crippen LogP contribution in [-0.4, -0.2) is 36.4 Å². The summed E-state index contributed by atoms with van der Waals surface area (Å²) in [6.45, 7) is 4.50. The number of carbonyl (C=O) groups is 2. The molecule has 0 spiro atoms. The topological polar surface area (TPSA) is 121 Å². The van der Waals surface area contributed by atoms with Gasteiger partial charge in [-0.2, -0.15) is 36.5 Å². The Balaban J connectivity index is 1.87. The third-order valence-corrected chi connectivity index (χ3v) is 6.80. The summed E-state index contributed by atoms with van der Waals surface area (Å²) in [5.74, 6) is -1.93. The van der Waals surface area contributed by atoms with E-state index >= 15 is 0 Å². The quantitative estimate of drug-likeness (QED) is 0.330. The molecule has 2 amide bonds. The van der Waals surface area contributed by atoms with E-state index in [2.05, 4.69) is 20.5 Å². The molecule has 38 heavy (non-hydrogen) atoms. The summed E-state index contributed by atoms with van der Waals surface area (Å²) < 4.78 is 82.5. The van der Waals surface area contributed by atoms with E-state index < -0.39 is 42.1 Å². The molecule has 0 bridgehead atoms. The summed E-state index contributed by atoms with van der Waals surface area (Å²) in [6, 6.07) is 1.55. The van der Waals surface area contributed by atoms with E-state index in [0.717, 1.165) is 16.8 Å². The SMILES string of the molecule is CCn1ncc(-c2cc(C(F)(F)F)nc3sc(C(N)=O)c(NC(=O)Cn4nc(C(F)(F)F)cc4C)c23)c1C. The number of thiophene rings is 1. The van der Waals surface area contributed by atoms with Crippen LogP contribution < -0.4 is 11.1 Å². The molecule has 16 heteroatoms. The molecule has 0 radical (unpaired) electrons. The second-order valence-corrected chi connectivity index (χ2v) is 9.24. The zero-order valence-electron chi connectivity index (χ0n) is 20.0. The number of amides is 2. The van der Waals surface area contributed by atoms with Crippen molar-refractivity contribution in [3.05, 3.63) is 46.0 Å². The zero-order chi connectivity index (χ0) is 28.2. The van der Waals surface area contributed by atoms with Gasteiger partial charge in [0, 0.05) is 28.9 Å². The number of hydrogen-bond acceptors (Lipinski definition) is 6. The number of alkyl halides is 6. The van der Waals surface area contributed by atoms with Gasteiger partial charge >= 0.3 is 12.4 Å². The van der Waals surface area contributed by atoms with Crippen LogP contribution in [0.2, 0.25) is 0 Å². The van der Waals surface area contributed by atoms with Crippen molar-refractivity contribution in [3.8, 4) is 11.1 Å². The number of primary amides is 1. The van der Waals surface area contributed by atoms with E-state index in [-0.39, 0.29) is 32.0 Å². The van der Waals surface area contributed by atoms with Crippen LogP contribution in [0.4, 0.5) is 32.0 Å². The predicted octanol–water partition coefficient (Wildman–Crippen LogP) is 4.77. The number of rotatable bonds is 6. The molecular weight excluding hydrogens is 540 g/mol. The number of halogens is 6. The highest BCUT2D eigenvalue weighted by Gasteiger charge is 2.36. The lowest BCUT2D eigenvalue weighted by molar-refractivity contribution is -0.142. The molecule has 0 aliphatic rings. The van der Waals surface area contributed by atoms with Crippen molar-refractivity contribution in [1.29, 1.82) is 0 Å². The third kappa shape index (κ3) is 4.94. The van der Waals surface area contributed by atoms with Crippen molar-refractivity contribution < 1.29 is 35.9 Å². The van der Waals surface area contributed by atoms with Crippen LogP contribution in [0.5, 0.6) is 0 Å². The molecule has 202 valence electrons. The van der Waals surface area contributed by atoms with Crippen LogP contribution in [0.15, 0.2) is 18.3 Å². The highest BCUT2D eigenvalue weighted by atomic mass is 32.1. The second kappa shape index (κ2) is 9.41. The zero-order valence-corrected chi connectivity index (χ0v) is 20.8. The van der Waals surface area contributed by atoms with Gasteiger partial charge in [0.25, 0.3) is 5.91 Å². The first-order valence-corrected chi connectivity index (χ1v) is 11.7. The smallest absolute Gasteiger partial charge is 0.365 e. The molecule has 4 heterocycles. The Bertz CT molecular complexity index is 1560. The van der Waals surface area contributed by atoms with Crippen LogP contribution in [0.3, 0.4) is 0 Å². The fourth-order valence-corrected chi connectivity index (χ4v) is 4.91. The maximum Gasteiger partial charge on any atom is 0.435 e. The van der Waals surface area contributed by atoms with Crippen LogP contribution in [0.1, 0.15) is 39.4 Å². The van der Waals surface area contributed by atoms with Gasteiger partial charge in [-0.3, -0.25) is 19.0 Å². The van der Waals surface area contributed by atoms with Gasteiger partial charge in [0.1, 0.15) is 21.9 Å². The van der Waals surface area contributed by atoms with E-state index in [4.69, 9.17) is 5.73 Å². The van der Waals surface area contributed by atoms with Gasteiger partial charge in [-0.25, -0.2) is 4.98 Å². The molecule has 9 nitrogen and oxygen atoms in total. The van der Waals surface area contributed by atoms with Crippen LogP contribution in [-0.2, 0) is 30.2 Å². The van der Waals surface area contributed by atoms with E-state index in [0.29, 0.717) is 29.1 Å². The van der Waals surface area contributed by atoms with Gasteiger partial charge in [0.15, 0.2) is 5.69 Å². The summed E-state index contributed by atoms with van der Waals surface area (Å²) in [7, 11) is 0. The summed E-state index contributed by atoms with van der Waals surface area (Å²) in [5.41, 5.74) is 3.68. The second-order valence-electron chi connectivity index (χ2n) is 8.24. The first-order chi connectivity index (χ1) is 17.6. The standard InChI is InChI=1S/C22H19F6N7O2S/c1-4-34-10(3)12(7-30-34)11-6-13(21(23,24)25)31-20-16(11)17(18(38-20)19(29)37)32-15(36)8-35-9(2)5-14(33-35)22(26,27)28/h5-7H,4,8H2,1-3H3,(H2,29,37)(H,32,36). The van der Waals surface area contributed by atoms with Gasteiger partial charge < -0.3 is 11.1 Å². The number of nitrogens with zero attached hydrogens (tertiary/aromatic N) is 5. The molecule has 4 aromatic rings. The Morgan fingerprint density at radius 2 is 1.68 bits per heavy atom. The number of aryl methyl sites for hydroxylation is 2. The Labute approximate surface area is 214 Å². The average Bonchev–Trinajstić information content (AvgIpc) is 3.47. The molecule has 0 saturated carbocycles. The number of nitrogens with two attached hydrogens (primary N) is 1. The summed E-state index contributed by atoms with van der Waals surface area (Å²) >= 11 is 0.550. The van der Waals surface area contributed by atoms with Gasteiger partial charge in [0.05, 0.1) is 11.9 Å². The van der Waals surface area contributed by atoms with E-state index in [1.807, 2.05) is 0 Å². The third-order valence-electron chi connectivity index (χ3n) is 5.70. The number of pyridine rings is 1. The molecule has 0 unspecified atom stereocenters. The van der Waals surface area contributed by atoms with Crippen molar-refractivity contribution in [2.45, 2.75) is 46.2 Å². The van der Waals surface area contributed by atoms with E-state index in [9.17, 15) is 35.9 Å². The normalized spacial score (nSPS) is 12.3. The maximum atomic E-state index is 13.7. The average molecular weight is 559 g/mol. The Morgan fingerprint density at radius 3 is 2.21 bits per heavy atom. The molecular formula is C22H19F6N7O2S. The minimum Gasteiger partial charge on any atom is -0.365 e. The Hall–Kier alpha value is -3.95. The summed E-state index contributed by atoms with van der Waals surface area (Å²) in [6.07, 6.45) is -8.20. The molecule has 0 aliphatic carbocycles. The van der Waals surface area contributed by atoms with E-state index in [1.54, 1.807) is 18.5 Å². The molecule has 0 saturated heterocycles. The Kier molecular flexibility index (Phi) is 6.71. The van der Waals surface area contributed by atoms with Crippen molar-refractivity contribution in [1.82, 2.24) is 24.5 Å². The fourth-order valence-electron chi connectivity index (χ4n) is 3.90. The fraction of sp³-hybridized carbons (Fsp3) is 0.318. The van der Waals surface area contributed by atoms with Gasteiger partial charge in [-0.15, -0.1) is 11.3 Å². The number of hydrogen-bond donors (Lipinski definition) is 2. The first-order valence-electron chi connectivity index (χ1n) is 10.9. The minimum absolute atomic E-state index is 0.00629. The highest BCUT2D eigenvalue weighted by molar-refractivity contribution is 7.21. The Morgan fingerprint density at radius 1 is 1.03 bits per heavy atom. The molecule has 4 rings (SSSR count). The van der Waals surface area contributed by atoms with Crippen molar-refractivity contribution in [2.75, 3.05) is 5.32 Å². The van der Waals surface area contributed by atoms with Crippen LogP contribution in [0.25, 0.3) is 21.3 Å². The lowest BCUT2D eigenvalue weighted by atomic mass is 10.0. The molecule has 0 fully saturated rings. The van der Waals surface area contributed by atoms with Crippen molar-refractivity contribution >= 4 is 39.1 Å². The molecule has 3 N–H and O–H groups in total.